The van der Waals surface area contributed by atoms with E-state index in [1.165, 1.54) is 0 Å². The predicted octanol–water partition coefficient (Wildman–Crippen LogP) is -0.955. The van der Waals surface area contributed by atoms with Crippen molar-refractivity contribution in [3.05, 3.63) is 23.3 Å². The Bertz CT molecular complexity index is 459. The molecule has 2 unspecified atom stereocenters. The normalized spacial score (nSPS) is 15.3. The van der Waals surface area contributed by atoms with Crippen molar-refractivity contribution in [3.8, 4) is 5.75 Å². The van der Waals surface area contributed by atoms with Gasteiger partial charge in [0.15, 0.2) is 11.6 Å². The Balaban J connectivity index is 0.00000324. The minimum Gasteiger partial charge on any atom is -0.770 e. The number of benzene rings is 1. The topological polar surface area (TPSA) is 64.6 Å². The van der Waals surface area contributed by atoms with Crippen molar-refractivity contribution in [2.45, 2.75) is 25.7 Å². The third kappa shape index (κ3) is 6.44. The molecule has 0 aromatic heterocycles. The van der Waals surface area contributed by atoms with Crippen LogP contribution in [0.1, 0.15) is 18.1 Å². The first-order chi connectivity index (χ1) is 8.26. The Hall–Kier alpha value is 1.54. The van der Waals surface area contributed by atoms with Gasteiger partial charge in [-0.25, -0.2) is 0 Å². The fourth-order valence-electron chi connectivity index (χ4n) is 1.73. The van der Waals surface area contributed by atoms with Gasteiger partial charge in [-0.2, -0.15) is 0 Å². The summed E-state index contributed by atoms with van der Waals surface area (Å²) in [5, 5.41) is 0. The molecule has 0 N–H and O–H groups in total. The summed E-state index contributed by atoms with van der Waals surface area (Å²) in [4.78, 5) is 12.5. The van der Waals surface area contributed by atoms with Crippen molar-refractivity contribution in [1.82, 2.24) is 0 Å². The van der Waals surface area contributed by atoms with Gasteiger partial charge in [-0.3, -0.25) is 0 Å². The second-order valence-corrected chi connectivity index (χ2v) is 7.79. The fourth-order valence-corrected chi connectivity index (χ4v) is 4.06. The molecule has 1 aromatic rings. The Morgan fingerprint density at radius 1 is 1.32 bits per heavy atom. The minimum atomic E-state index is -3.49. The van der Waals surface area contributed by atoms with E-state index >= 15 is 0 Å². The molecule has 19 heavy (non-hydrogen) atoms. The van der Waals surface area contributed by atoms with E-state index in [9.17, 15) is 9.45 Å². The summed E-state index contributed by atoms with van der Waals surface area (Å²) in [5.74, 6) is 0.381. The maximum absolute atomic E-state index is 11.7. The Labute approximate surface area is 165 Å². The van der Waals surface area contributed by atoms with Crippen LogP contribution in [0.3, 0.4) is 0 Å². The van der Waals surface area contributed by atoms with Gasteiger partial charge in [0.2, 0.25) is 0 Å². The second kappa shape index (κ2) is 8.85. The molecule has 4 nitrogen and oxygen atoms in total. The average Bonchev–Trinajstić information content (AvgIpc) is 2.13. The molecule has 0 bridgehead atoms. The molecule has 0 spiro atoms. The van der Waals surface area contributed by atoms with Crippen LogP contribution in [-0.2, 0) is 27.5 Å². The molecular weight excluding hydrogens is 330 g/mol. The van der Waals surface area contributed by atoms with Gasteiger partial charge in [-0.15, -0.1) is 0 Å². The van der Waals surface area contributed by atoms with Gasteiger partial charge in [0.1, 0.15) is 12.0 Å². The van der Waals surface area contributed by atoms with Crippen molar-refractivity contribution in [2.24, 2.45) is 0 Å². The summed E-state index contributed by atoms with van der Waals surface area (Å²) in [7, 11) is 0. The van der Waals surface area contributed by atoms with E-state index in [0.29, 0.717) is 5.75 Å². The van der Waals surface area contributed by atoms with E-state index in [2.05, 4.69) is 0 Å². The zero-order chi connectivity index (χ0) is 13.9. The van der Waals surface area contributed by atoms with Crippen molar-refractivity contribution in [2.75, 3.05) is 12.9 Å². The minimum absolute atomic E-state index is 0. The molecule has 0 aliphatic rings. The van der Waals surface area contributed by atoms with Crippen molar-refractivity contribution in [1.29, 1.82) is 0 Å². The summed E-state index contributed by atoms with van der Waals surface area (Å²) >= 11 is 3.68. The van der Waals surface area contributed by atoms with E-state index in [4.69, 9.17) is 20.9 Å². The summed E-state index contributed by atoms with van der Waals surface area (Å²) < 4.78 is 21.6. The SMILES string of the molecule is CCOP([O-])(=S)Oc1cc(C)c([S+](C)[O-])c(C)c1.[K+]. The fraction of sp³-hybridized carbons (Fsp3) is 0.455. The molecule has 1 aromatic carbocycles. The summed E-state index contributed by atoms with van der Waals surface area (Å²) in [6.07, 6.45) is 1.62. The molecule has 8 heteroatoms. The van der Waals surface area contributed by atoms with Crippen LogP contribution < -0.4 is 60.8 Å². The number of aryl methyl sites for hydroxylation is 2. The van der Waals surface area contributed by atoms with Gasteiger partial charge in [-0.05, 0) is 55.9 Å². The first-order valence-corrected chi connectivity index (χ1v) is 9.48. The largest absolute Gasteiger partial charge is 1.00 e. The van der Waals surface area contributed by atoms with Gasteiger partial charge in [-0.1, -0.05) is 0 Å². The zero-order valence-electron chi connectivity index (χ0n) is 11.8. The van der Waals surface area contributed by atoms with E-state index < -0.39 is 17.9 Å². The predicted molar refractivity (Wildman–Crippen MR) is 74.8 cm³/mol. The summed E-state index contributed by atoms with van der Waals surface area (Å²) in [6.45, 7) is 2.09. The smallest absolute Gasteiger partial charge is 0.770 e. The average molecular weight is 346 g/mol. The number of hydrogen-bond acceptors (Lipinski definition) is 5. The first kappa shape index (κ1) is 20.5. The van der Waals surface area contributed by atoms with Gasteiger partial charge in [0, 0.05) is 11.1 Å². The van der Waals surface area contributed by atoms with Crippen LogP contribution in [0.15, 0.2) is 17.0 Å². The van der Waals surface area contributed by atoms with Crippen LogP contribution in [0, 0.1) is 13.8 Å². The van der Waals surface area contributed by atoms with E-state index in [1.807, 2.05) is 13.8 Å². The van der Waals surface area contributed by atoms with E-state index in [0.717, 1.165) is 16.0 Å². The standard InChI is InChI=1S/C11H17O4PS2.K/c1-5-14-16(12,17)15-10-6-8(2)11(18(4)13)9(3)7-10;/h6-7H,5H2,1-4H3,(H,12,17);/q;+1/p-1. The van der Waals surface area contributed by atoms with Crippen LogP contribution in [0.5, 0.6) is 5.75 Å². The molecule has 1 rings (SSSR count). The molecule has 0 heterocycles. The van der Waals surface area contributed by atoms with Crippen molar-refractivity contribution < 1.29 is 69.9 Å². The molecule has 0 saturated heterocycles. The molecule has 102 valence electrons. The van der Waals surface area contributed by atoms with Crippen LogP contribution in [0.25, 0.3) is 0 Å². The van der Waals surface area contributed by atoms with Gasteiger partial charge < -0.3 is 18.5 Å². The first-order valence-electron chi connectivity index (χ1n) is 5.36. The Morgan fingerprint density at radius 2 is 1.79 bits per heavy atom. The van der Waals surface area contributed by atoms with Crippen molar-refractivity contribution >= 4 is 29.7 Å². The third-order valence-corrected chi connectivity index (χ3v) is 4.99. The van der Waals surface area contributed by atoms with Gasteiger partial charge in [0.25, 0.3) is 0 Å². The molecule has 2 atom stereocenters. The number of rotatable bonds is 5. The molecule has 0 aliphatic heterocycles. The molecular formula is C11H16KO4PS2. The molecule has 0 fully saturated rings. The monoisotopic (exact) mass is 346 g/mol. The zero-order valence-corrected chi connectivity index (χ0v) is 17.4. The quantitative estimate of drug-likeness (QED) is 0.391. The van der Waals surface area contributed by atoms with Crippen LogP contribution >= 0.6 is 6.72 Å². The van der Waals surface area contributed by atoms with E-state index in [1.54, 1.807) is 25.3 Å². The second-order valence-electron chi connectivity index (χ2n) is 3.80. The Morgan fingerprint density at radius 3 is 2.16 bits per heavy atom. The van der Waals surface area contributed by atoms with Crippen LogP contribution in [0.2, 0.25) is 0 Å². The Kier molecular flexibility index (Phi) is 9.57. The van der Waals surface area contributed by atoms with E-state index in [-0.39, 0.29) is 58.0 Å². The molecule has 0 radical (unpaired) electrons. The number of hydrogen-bond donors (Lipinski definition) is 0. The summed E-state index contributed by atoms with van der Waals surface area (Å²) in [6, 6.07) is 3.34. The van der Waals surface area contributed by atoms with Gasteiger partial charge in [0.05, 0.1) is 6.61 Å². The van der Waals surface area contributed by atoms with Crippen molar-refractivity contribution in [3.63, 3.8) is 0 Å². The maximum atomic E-state index is 11.7. The summed E-state index contributed by atoms with van der Waals surface area (Å²) in [5.41, 5.74) is 1.63. The van der Waals surface area contributed by atoms with Gasteiger partial charge >= 0.3 is 51.4 Å². The molecule has 0 amide bonds. The van der Waals surface area contributed by atoms with Crippen LogP contribution in [0.4, 0.5) is 0 Å². The maximum Gasteiger partial charge on any atom is 1.00 e. The molecule has 0 aliphatic carbocycles. The molecule has 0 saturated carbocycles. The van der Waals surface area contributed by atoms with Crippen LogP contribution in [-0.4, -0.2) is 17.4 Å². The third-order valence-electron chi connectivity index (χ3n) is 2.23.